The van der Waals surface area contributed by atoms with Gasteiger partial charge in [-0.25, -0.2) is 0 Å². The van der Waals surface area contributed by atoms with Crippen molar-refractivity contribution in [3.05, 3.63) is 0 Å². The van der Waals surface area contributed by atoms with E-state index in [1.807, 2.05) is 6.92 Å². The lowest BCUT2D eigenvalue weighted by atomic mass is 9.70. The Balaban J connectivity index is 2.44. The Morgan fingerprint density at radius 1 is 1.36 bits per heavy atom. The van der Waals surface area contributed by atoms with Gasteiger partial charge in [0.25, 0.3) is 0 Å². The SMILES string of the molecule is CC1(C)[C@H]2CC[C@]1(C)[C@@H](O)[C@@H]2C(=O)O. The van der Waals surface area contributed by atoms with E-state index in [-0.39, 0.29) is 16.7 Å². The molecular formula is C11H18O3. The molecule has 0 aromatic rings. The molecule has 0 aliphatic heterocycles. The maximum Gasteiger partial charge on any atom is 0.309 e. The lowest BCUT2D eigenvalue weighted by Gasteiger charge is -2.36. The van der Waals surface area contributed by atoms with Crippen molar-refractivity contribution in [1.82, 2.24) is 0 Å². The number of hydrogen-bond donors (Lipinski definition) is 2. The van der Waals surface area contributed by atoms with Crippen molar-refractivity contribution >= 4 is 5.97 Å². The van der Waals surface area contributed by atoms with Crippen molar-refractivity contribution in [3.63, 3.8) is 0 Å². The predicted octanol–water partition coefficient (Wildman–Crippen LogP) is 1.50. The Kier molecular flexibility index (Phi) is 1.79. The average Bonchev–Trinajstić information content (AvgIpc) is 2.35. The fourth-order valence-electron chi connectivity index (χ4n) is 3.64. The minimum atomic E-state index is -0.834. The second-order valence-electron chi connectivity index (χ2n) is 5.59. The summed E-state index contributed by atoms with van der Waals surface area (Å²) in [7, 11) is 0. The Morgan fingerprint density at radius 3 is 2.21 bits per heavy atom. The first-order valence-corrected chi connectivity index (χ1v) is 5.23. The molecule has 0 radical (unpaired) electrons. The minimum Gasteiger partial charge on any atom is -0.481 e. The molecule has 3 nitrogen and oxygen atoms in total. The highest BCUT2D eigenvalue weighted by Crippen LogP contribution is 2.67. The highest BCUT2D eigenvalue weighted by Gasteiger charge is 2.67. The lowest BCUT2D eigenvalue weighted by Crippen LogP contribution is -2.39. The maximum atomic E-state index is 11.1. The summed E-state index contributed by atoms with van der Waals surface area (Å²) in [6.07, 6.45) is 1.22. The number of aliphatic carboxylic acids is 1. The predicted molar refractivity (Wildman–Crippen MR) is 51.7 cm³/mol. The summed E-state index contributed by atoms with van der Waals surface area (Å²) >= 11 is 0. The van der Waals surface area contributed by atoms with E-state index in [4.69, 9.17) is 5.11 Å². The first-order chi connectivity index (χ1) is 6.32. The summed E-state index contributed by atoms with van der Waals surface area (Å²) in [5, 5.41) is 19.2. The monoisotopic (exact) mass is 198 g/mol. The topological polar surface area (TPSA) is 57.5 Å². The van der Waals surface area contributed by atoms with Crippen LogP contribution in [0.25, 0.3) is 0 Å². The van der Waals surface area contributed by atoms with Gasteiger partial charge >= 0.3 is 5.97 Å². The normalized spacial score (nSPS) is 49.6. The molecule has 2 bridgehead atoms. The summed E-state index contributed by atoms with van der Waals surface area (Å²) < 4.78 is 0. The number of carbonyl (C=O) groups is 1. The summed E-state index contributed by atoms with van der Waals surface area (Å²) in [6, 6.07) is 0. The molecule has 14 heavy (non-hydrogen) atoms. The van der Waals surface area contributed by atoms with Gasteiger partial charge in [-0.15, -0.1) is 0 Å². The average molecular weight is 198 g/mol. The molecule has 2 N–H and O–H groups in total. The van der Waals surface area contributed by atoms with Crippen LogP contribution in [0, 0.1) is 22.7 Å². The molecule has 0 spiro atoms. The molecule has 0 amide bonds. The molecule has 0 heterocycles. The van der Waals surface area contributed by atoms with E-state index >= 15 is 0 Å². The molecule has 3 heteroatoms. The smallest absolute Gasteiger partial charge is 0.309 e. The van der Waals surface area contributed by atoms with Gasteiger partial charge in [0.2, 0.25) is 0 Å². The summed E-state index contributed by atoms with van der Waals surface area (Å²) in [5.41, 5.74) is -0.254. The highest BCUT2D eigenvalue weighted by molar-refractivity contribution is 5.72. The van der Waals surface area contributed by atoms with E-state index < -0.39 is 18.0 Å². The van der Waals surface area contributed by atoms with Crippen LogP contribution in [0.15, 0.2) is 0 Å². The van der Waals surface area contributed by atoms with Crippen LogP contribution in [-0.4, -0.2) is 22.3 Å². The third-order valence-corrected chi connectivity index (χ3v) is 5.09. The van der Waals surface area contributed by atoms with Crippen molar-refractivity contribution in [1.29, 1.82) is 0 Å². The quantitative estimate of drug-likeness (QED) is 0.671. The van der Waals surface area contributed by atoms with Crippen LogP contribution >= 0.6 is 0 Å². The number of carboxylic acid groups (broad SMARTS) is 1. The zero-order valence-electron chi connectivity index (χ0n) is 8.95. The summed E-state index contributed by atoms with van der Waals surface area (Å²) in [5.74, 6) is -1.25. The van der Waals surface area contributed by atoms with E-state index in [2.05, 4.69) is 13.8 Å². The van der Waals surface area contributed by atoms with Crippen molar-refractivity contribution in [2.24, 2.45) is 22.7 Å². The standard InChI is InChI=1S/C11H18O3/c1-10(2)6-4-5-11(10,3)8(12)7(6)9(13)14/h6-8,12H,4-5H2,1-3H3,(H,13,14)/t6-,7+,8-,11+/m0/s1. The molecule has 2 rings (SSSR count). The molecule has 4 atom stereocenters. The molecule has 80 valence electrons. The van der Waals surface area contributed by atoms with Crippen LogP contribution in [0.2, 0.25) is 0 Å². The molecule has 2 aliphatic rings. The van der Waals surface area contributed by atoms with Crippen molar-refractivity contribution in [2.45, 2.75) is 39.7 Å². The van der Waals surface area contributed by atoms with Crippen LogP contribution in [0.5, 0.6) is 0 Å². The third kappa shape index (κ3) is 0.842. The Hall–Kier alpha value is -0.570. The van der Waals surface area contributed by atoms with Gasteiger partial charge in [-0.3, -0.25) is 4.79 Å². The third-order valence-electron chi connectivity index (χ3n) is 5.09. The summed E-state index contributed by atoms with van der Waals surface area (Å²) in [4.78, 5) is 11.1. The fraction of sp³-hybridized carbons (Fsp3) is 0.909. The van der Waals surface area contributed by atoms with Crippen LogP contribution < -0.4 is 0 Å². The fourth-order valence-corrected chi connectivity index (χ4v) is 3.64. The van der Waals surface area contributed by atoms with E-state index in [1.54, 1.807) is 0 Å². The number of fused-ring (bicyclic) bond motifs is 2. The molecule has 2 fully saturated rings. The minimum absolute atomic E-state index is 0.0462. The second-order valence-corrected chi connectivity index (χ2v) is 5.59. The number of aliphatic hydroxyl groups excluding tert-OH is 1. The Bertz CT molecular complexity index is 284. The molecule has 2 saturated carbocycles. The zero-order chi connectivity index (χ0) is 10.7. The van der Waals surface area contributed by atoms with E-state index in [1.165, 1.54) is 0 Å². The second kappa shape index (κ2) is 2.51. The lowest BCUT2D eigenvalue weighted by molar-refractivity contribution is -0.149. The Morgan fingerprint density at radius 2 is 1.93 bits per heavy atom. The molecular weight excluding hydrogens is 180 g/mol. The molecule has 0 aromatic carbocycles. The number of rotatable bonds is 1. The van der Waals surface area contributed by atoms with Gasteiger partial charge in [-0.1, -0.05) is 20.8 Å². The van der Waals surface area contributed by atoms with Gasteiger partial charge in [-0.2, -0.15) is 0 Å². The first-order valence-electron chi connectivity index (χ1n) is 5.23. The molecule has 0 saturated heterocycles. The van der Waals surface area contributed by atoms with Gasteiger partial charge in [0.05, 0.1) is 12.0 Å². The van der Waals surface area contributed by atoms with Gasteiger partial charge in [0.15, 0.2) is 0 Å². The van der Waals surface area contributed by atoms with E-state index in [9.17, 15) is 9.90 Å². The van der Waals surface area contributed by atoms with Crippen LogP contribution in [-0.2, 0) is 4.79 Å². The molecule has 0 unspecified atom stereocenters. The van der Waals surface area contributed by atoms with Gasteiger partial charge < -0.3 is 10.2 Å². The molecule has 2 aliphatic carbocycles. The van der Waals surface area contributed by atoms with Crippen LogP contribution in [0.1, 0.15) is 33.6 Å². The van der Waals surface area contributed by atoms with E-state index in [0.717, 1.165) is 12.8 Å². The zero-order valence-corrected chi connectivity index (χ0v) is 8.95. The summed E-state index contributed by atoms with van der Waals surface area (Å²) in [6.45, 7) is 6.22. The van der Waals surface area contributed by atoms with Gasteiger partial charge in [0, 0.05) is 0 Å². The van der Waals surface area contributed by atoms with Crippen LogP contribution in [0.3, 0.4) is 0 Å². The Labute approximate surface area is 84.1 Å². The molecule has 0 aromatic heterocycles. The number of carboxylic acids is 1. The largest absolute Gasteiger partial charge is 0.481 e. The number of aliphatic hydroxyl groups is 1. The van der Waals surface area contributed by atoms with Crippen molar-refractivity contribution in [3.8, 4) is 0 Å². The number of hydrogen-bond acceptors (Lipinski definition) is 2. The first kappa shape index (κ1) is 9.97. The van der Waals surface area contributed by atoms with E-state index in [0.29, 0.717) is 0 Å². The van der Waals surface area contributed by atoms with Gasteiger partial charge in [0.1, 0.15) is 0 Å². The van der Waals surface area contributed by atoms with Crippen molar-refractivity contribution < 1.29 is 15.0 Å². The highest BCUT2D eigenvalue weighted by atomic mass is 16.4. The van der Waals surface area contributed by atoms with Gasteiger partial charge in [-0.05, 0) is 29.6 Å². The van der Waals surface area contributed by atoms with Crippen molar-refractivity contribution in [2.75, 3.05) is 0 Å². The maximum absolute atomic E-state index is 11.1. The van der Waals surface area contributed by atoms with Crippen LogP contribution in [0.4, 0.5) is 0 Å².